The summed E-state index contributed by atoms with van der Waals surface area (Å²) >= 11 is 0. The van der Waals surface area contributed by atoms with Crippen LogP contribution in [0.3, 0.4) is 0 Å². The molecule has 1 N–H and O–H groups in total. The lowest BCUT2D eigenvalue weighted by molar-refractivity contribution is -0.187. The molecule has 2 aliphatic heterocycles. The number of fused-ring (bicyclic) bond motifs is 2. The molecule has 0 atom stereocenters. The van der Waals surface area contributed by atoms with E-state index in [-0.39, 0.29) is 33.4 Å². The van der Waals surface area contributed by atoms with E-state index in [1.165, 1.54) is 24.3 Å². The van der Waals surface area contributed by atoms with Gasteiger partial charge in [-0.25, -0.2) is 47.0 Å². The van der Waals surface area contributed by atoms with Gasteiger partial charge in [-0.3, -0.25) is 4.72 Å². The zero-order valence-corrected chi connectivity index (χ0v) is 20.5. The monoisotopic (exact) mass is 553 g/mol. The summed E-state index contributed by atoms with van der Waals surface area (Å²) in [4.78, 5) is 78.6. The number of cyclic esters (lactones) is 4. The van der Waals surface area contributed by atoms with Crippen molar-refractivity contribution in [1.82, 2.24) is 0 Å². The molecule has 2 heterocycles. The summed E-state index contributed by atoms with van der Waals surface area (Å²) in [6.45, 7) is 0. The number of rotatable bonds is 4. The smallest absolute Gasteiger partial charge is 0.386 e. The molecule has 0 aliphatic carbocycles. The van der Waals surface area contributed by atoms with Crippen molar-refractivity contribution in [3.63, 3.8) is 0 Å². The Bertz CT molecular complexity index is 1570. The molecule has 39 heavy (non-hydrogen) atoms. The predicted molar refractivity (Wildman–Crippen MR) is 128 cm³/mol. The van der Waals surface area contributed by atoms with Gasteiger partial charge in [-0.15, -0.1) is 0 Å². The van der Waals surface area contributed by atoms with Gasteiger partial charge in [0.05, 0.1) is 39.6 Å². The van der Waals surface area contributed by atoms with Gasteiger partial charge in [-0.1, -0.05) is 18.2 Å². The number of hydrogen-bond acceptors (Lipinski definition) is 12. The normalized spacial score (nSPS) is 13.3. The number of benzene rings is 3. The average Bonchev–Trinajstić information content (AvgIpc) is 3.35. The molecule has 14 heteroatoms. The number of carbonyl (C=O) groups excluding carboxylic acids is 6. The van der Waals surface area contributed by atoms with Crippen molar-refractivity contribution >= 4 is 51.5 Å². The van der Waals surface area contributed by atoms with Crippen LogP contribution in [0.25, 0.3) is 0 Å². The molecular formula is C25H15NO12S. The van der Waals surface area contributed by atoms with Crippen molar-refractivity contribution in [2.24, 2.45) is 0 Å². The first-order valence-electron chi connectivity index (χ1n) is 10.7. The molecule has 3 aromatic carbocycles. The first-order chi connectivity index (χ1) is 18.4. The Morgan fingerprint density at radius 3 is 1.46 bits per heavy atom. The van der Waals surface area contributed by atoms with E-state index in [0.717, 1.165) is 18.4 Å². The Labute approximate surface area is 219 Å². The van der Waals surface area contributed by atoms with Crippen molar-refractivity contribution in [2.45, 2.75) is 0 Å². The van der Waals surface area contributed by atoms with E-state index in [0.29, 0.717) is 5.69 Å². The molecular weight excluding hydrogens is 538 g/mol. The summed E-state index contributed by atoms with van der Waals surface area (Å²) in [5.74, 6) is -5.71. The molecule has 0 spiro atoms. The van der Waals surface area contributed by atoms with E-state index >= 15 is 0 Å². The van der Waals surface area contributed by atoms with Crippen LogP contribution in [0.15, 0.2) is 66.7 Å². The minimum absolute atomic E-state index is 0.00174. The highest BCUT2D eigenvalue weighted by Gasteiger charge is 2.32. The van der Waals surface area contributed by atoms with Crippen LogP contribution >= 0.6 is 0 Å². The number of sulfonamides is 1. The molecule has 0 saturated heterocycles. The summed E-state index contributed by atoms with van der Waals surface area (Å²) in [6, 6.07) is 15.7. The van der Waals surface area contributed by atoms with Crippen LogP contribution < -0.4 is 4.72 Å². The SMILES string of the molecule is CS(=O)(=O)Nc1ccccc1.O=C(OOC(=O)c1ccc2c(c1)C(=O)OC2=O)c1ccc2c(c1)C(=O)OC2=O. The van der Waals surface area contributed by atoms with Crippen LogP contribution in [0.1, 0.15) is 62.1 Å². The molecule has 13 nitrogen and oxygen atoms in total. The Morgan fingerprint density at radius 1 is 0.641 bits per heavy atom. The third-order valence-electron chi connectivity index (χ3n) is 5.03. The van der Waals surface area contributed by atoms with E-state index in [4.69, 9.17) is 0 Å². The maximum Gasteiger partial charge on any atom is 0.386 e. The van der Waals surface area contributed by atoms with Crippen molar-refractivity contribution < 1.29 is 56.4 Å². The average molecular weight is 553 g/mol. The van der Waals surface area contributed by atoms with Crippen LogP contribution in [0, 0.1) is 0 Å². The molecule has 0 amide bonds. The van der Waals surface area contributed by atoms with Gasteiger partial charge in [-0.2, -0.15) is 0 Å². The van der Waals surface area contributed by atoms with Gasteiger partial charge in [-0.05, 0) is 48.5 Å². The van der Waals surface area contributed by atoms with Gasteiger partial charge < -0.3 is 9.47 Å². The van der Waals surface area contributed by atoms with E-state index in [9.17, 15) is 37.2 Å². The lowest BCUT2D eigenvalue weighted by Crippen LogP contribution is -2.13. The molecule has 0 unspecified atom stereocenters. The predicted octanol–water partition coefficient (Wildman–Crippen LogP) is 2.29. The Hall–Kier alpha value is -5.37. The summed E-state index contributed by atoms with van der Waals surface area (Å²) < 4.78 is 32.5. The number of ether oxygens (including phenoxy) is 2. The zero-order valence-electron chi connectivity index (χ0n) is 19.7. The van der Waals surface area contributed by atoms with E-state index in [1.807, 2.05) is 6.07 Å². The number of carbonyl (C=O) groups is 6. The minimum Gasteiger partial charge on any atom is -0.386 e. The number of anilines is 1. The van der Waals surface area contributed by atoms with Crippen molar-refractivity contribution in [3.8, 4) is 0 Å². The fourth-order valence-corrected chi connectivity index (χ4v) is 3.88. The quantitative estimate of drug-likeness (QED) is 0.215. The van der Waals surface area contributed by atoms with Crippen molar-refractivity contribution in [3.05, 3.63) is 100 Å². The first-order valence-corrected chi connectivity index (χ1v) is 12.6. The van der Waals surface area contributed by atoms with Gasteiger partial charge in [0, 0.05) is 5.69 Å². The molecule has 3 aromatic rings. The maximum absolute atomic E-state index is 12.0. The molecule has 0 aromatic heterocycles. The topological polar surface area (TPSA) is 186 Å². The van der Waals surface area contributed by atoms with Crippen molar-refractivity contribution in [2.75, 3.05) is 11.0 Å². The molecule has 0 radical (unpaired) electrons. The molecule has 198 valence electrons. The van der Waals surface area contributed by atoms with Crippen LogP contribution in [0.5, 0.6) is 0 Å². The van der Waals surface area contributed by atoms with Gasteiger partial charge in [0.15, 0.2) is 0 Å². The zero-order chi connectivity index (χ0) is 28.3. The van der Waals surface area contributed by atoms with Gasteiger partial charge >= 0.3 is 35.8 Å². The van der Waals surface area contributed by atoms with Crippen LogP contribution in [0.4, 0.5) is 5.69 Å². The van der Waals surface area contributed by atoms with Gasteiger partial charge in [0.25, 0.3) is 0 Å². The number of para-hydroxylation sites is 1. The van der Waals surface area contributed by atoms with Gasteiger partial charge in [0.1, 0.15) is 0 Å². The lowest BCUT2D eigenvalue weighted by Gasteiger charge is -2.04. The second kappa shape index (κ2) is 10.5. The van der Waals surface area contributed by atoms with Crippen LogP contribution in [-0.2, 0) is 29.3 Å². The second-order valence-electron chi connectivity index (χ2n) is 7.86. The number of hydrogen-bond donors (Lipinski definition) is 1. The fourth-order valence-electron chi connectivity index (χ4n) is 3.32. The number of esters is 4. The Kier molecular flexibility index (Phi) is 7.22. The lowest BCUT2D eigenvalue weighted by atomic mass is 10.1. The Morgan fingerprint density at radius 2 is 1.05 bits per heavy atom. The van der Waals surface area contributed by atoms with Crippen molar-refractivity contribution in [1.29, 1.82) is 0 Å². The largest absolute Gasteiger partial charge is 0.386 e. The molecule has 2 aliphatic rings. The third-order valence-corrected chi connectivity index (χ3v) is 5.64. The highest BCUT2D eigenvalue weighted by molar-refractivity contribution is 7.92. The fraction of sp³-hybridized carbons (Fsp3) is 0.0400. The standard InChI is InChI=1S/C18H6O10.C7H9NO2S/c19-13(7-1-3-9-11(5-7)17(23)25-15(9)21)27-28-14(20)8-2-4-10-12(6-8)18(24)26-16(10)22;1-11(9,10)8-7-5-3-2-4-6-7/h1-6H;2-6,8H,1H3. The van der Waals surface area contributed by atoms with Crippen LogP contribution in [-0.4, -0.2) is 50.5 Å². The Balaban J connectivity index is 0.000000270. The highest BCUT2D eigenvalue weighted by Crippen LogP contribution is 2.23. The first kappa shape index (κ1) is 26.7. The molecule has 0 saturated carbocycles. The van der Waals surface area contributed by atoms with E-state index in [2.05, 4.69) is 24.0 Å². The maximum atomic E-state index is 12.0. The number of nitrogens with one attached hydrogen (secondary N) is 1. The summed E-state index contributed by atoms with van der Waals surface area (Å²) in [5, 5.41) is 0. The van der Waals surface area contributed by atoms with E-state index < -0.39 is 45.8 Å². The molecule has 0 bridgehead atoms. The third kappa shape index (κ3) is 6.14. The second-order valence-corrected chi connectivity index (χ2v) is 9.60. The van der Waals surface area contributed by atoms with Crippen LogP contribution in [0.2, 0.25) is 0 Å². The highest BCUT2D eigenvalue weighted by atomic mass is 32.2. The summed E-state index contributed by atoms with van der Waals surface area (Å²) in [7, 11) is -3.13. The molecule has 0 fully saturated rings. The van der Waals surface area contributed by atoms with Gasteiger partial charge in [0.2, 0.25) is 10.0 Å². The summed E-state index contributed by atoms with van der Waals surface area (Å²) in [6.07, 6.45) is 1.12. The summed E-state index contributed by atoms with van der Waals surface area (Å²) in [5.41, 5.74) is 0.0223. The molecule has 5 rings (SSSR count). The minimum atomic E-state index is -3.13. The van der Waals surface area contributed by atoms with E-state index in [1.54, 1.807) is 24.3 Å².